The molecule has 0 saturated carbocycles. The van der Waals surface area contributed by atoms with Crippen molar-refractivity contribution in [3.63, 3.8) is 0 Å². The first kappa shape index (κ1) is 14.0. The lowest BCUT2D eigenvalue weighted by molar-refractivity contribution is 0.441. The van der Waals surface area contributed by atoms with Crippen LogP contribution < -0.4 is 5.32 Å². The van der Waals surface area contributed by atoms with E-state index in [9.17, 15) is 0 Å². The van der Waals surface area contributed by atoms with Gasteiger partial charge in [-0.2, -0.15) is 0 Å². The van der Waals surface area contributed by atoms with Crippen molar-refractivity contribution in [3.05, 3.63) is 21.3 Å². The van der Waals surface area contributed by atoms with Crippen LogP contribution in [0.25, 0.3) is 0 Å². The van der Waals surface area contributed by atoms with Crippen LogP contribution in [0.15, 0.2) is 11.4 Å². The summed E-state index contributed by atoms with van der Waals surface area (Å²) in [7, 11) is 0. The maximum atomic E-state index is 5.93. The van der Waals surface area contributed by atoms with Crippen molar-refractivity contribution >= 4 is 22.9 Å². The first-order valence-electron chi connectivity index (χ1n) is 6.13. The van der Waals surface area contributed by atoms with Gasteiger partial charge in [-0.05, 0) is 37.3 Å². The lowest BCUT2D eigenvalue weighted by Crippen LogP contribution is -2.28. The zero-order chi connectivity index (χ0) is 12.0. The minimum atomic E-state index is 0.403. The molecular formula is C13H22ClNS. The summed E-state index contributed by atoms with van der Waals surface area (Å²) in [5, 5.41) is 5.75. The highest BCUT2D eigenvalue weighted by atomic mass is 35.5. The number of hydrogen-bond acceptors (Lipinski definition) is 2. The van der Waals surface area contributed by atoms with Gasteiger partial charge in [0.25, 0.3) is 0 Å². The number of rotatable bonds is 7. The normalized spacial score (nSPS) is 15.0. The Morgan fingerprint density at radius 1 is 1.38 bits per heavy atom. The van der Waals surface area contributed by atoms with Gasteiger partial charge in [-0.3, -0.25) is 0 Å². The highest BCUT2D eigenvalue weighted by molar-refractivity contribution is 7.14. The van der Waals surface area contributed by atoms with E-state index in [1.165, 1.54) is 31.2 Å². The van der Waals surface area contributed by atoms with E-state index < -0.39 is 0 Å². The van der Waals surface area contributed by atoms with E-state index in [1.54, 1.807) is 11.3 Å². The predicted molar refractivity (Wildman–Crippen MR) is 74.5 cm³/mol. The molecule has 0 aliphatic carbocycles. The number of thiophene rings is 1. The van der Waals surface area contributed by atoms with E-state index in [1.807, 2.05) is 0 Å². The van der Waals surface area contributed by atoms with Crippen LogP contribution in [0.3, 0.4) is 0 Å². The second kappa shape index (κ2) is 7.31. The first-order chi connectivity index (χ1) is 7.63. The maximum Gasteiger partial charge on any atom is 0.0931 e. The van der Waals surface area contributed by atoms with Gasteiger partial charge in [-0.25, -0.2) is 0 Å². The van der Waals surface area contributed by atoms with Gasteiger partial charge >= 0.3 is 0 Å². The maximum absolute atomic E-state index is 5.93. The molecule has 16 heavy (non-hydrogen) atoms. The van der Waals surface area contributed by atoms with Crippen LogP contribution in [0.5, 0.6) is 0 Å². The zero-order valence-electron chi connectivity index (χ0n) is 10.4. The summed E-state index contributed by atoms with van der Waals surface area (Å²) in [6, 6.07) is 3.04. The van der Waals surface area contributed by atoms with Gasteiger partial charge in [0.05, 0.1) is 4.34 Å². The van der Waals surface area contributed by atoms with Gasteiger partial charge in [0.15, 0.2) is 0 Å². The fourth-order valence-electron chi connectivity index (χ4n) is 1.86. The number of unbranched alkanes of at least 4 members (excludes halogenated alkanes) is 2. The Morgan fingerprint density at radius 3 is 2.69 bits per heavy atom. The van der Waals surface area contributed by atoms with Crippen LogP contribution in [0.1, 0.15) is 58.1 Å². The molecule has 1 rings (SSSR count). The van der Waals surface area contributed by atoms with Crippen LogP contribution in [-0.4, -0.2) is 6.04 Å². The van der Waals surface area contributed by atoms with Crippen LogP contribution >= 0.6 is 22.9 Å². The average molecular weight is 260 g/mol. The number of halogens is 1. The Kier molecular flexibility index (Phi) is 6.40. The van der Waals surface area contributed by atoms with Crippen molar-refractivity contribution in [2.24, 2.45) is 0 Å². The lowest BCUT2D eigenvalue weighted by atomic mass is 10.1. The molecule has 0 saturated heterocycles. The summed E-state index contributed by atoms with van der Waals surface area (Å²) in [5.74, 6) is 0. The second-order valence-corrected chi connectivity index (χ2v) is 6.01. The van der Waals surface area contributed by atoms with Gasteiger partial charge in [-0.1, -0.05) is 37.8 Å². The summed E-state index contributed by atoms with van der Waals surface area (Å²) in [6.45, 7) is 6.71. The molecule has 0 fully saturated rings. The Labute approximate surface area is 108 Å². The fraction of sp³-hybridized carbons (Fsp3) is 0.692. The van der Waals surface area contributed by atoms with Crippen molar-refractivity contribution < 1.29 is 0 Å². The molecule has 0 spiro atoms. The van der Waals surface area contributed by atoms with Gasteiger partial charge in [0.1, 0.15) is 0 Å². The molecule has 0 aromatic carbocycles. The van der Waals surface area contributed by atoms with Crippen molar-refractivity contribution in [1.29, 1.82) is 0 Å². The van der Waals surface area contributed by atoms with Crippen molar-refractivity contribution in [2.45, 2.75) is 58.5 Å². The third kappa shape index (κ3) is 4.86. The summed E-state index contributed by atoms with van der Waals surface area (Å²) in [6.07, 6.45) is 5.21. The second-order valence-electron chi connectivity index (χ2n) is 4.47. The molecule has 2 unspecified atom stereocenters. The summed E-state index contributed by atoms with van der Waals surface area (Å²) in [5.41, 5.74) is 1.30. The molecule has 92 valence electrons. The highest BCUT2D eigenvalue weighted by Crippen LogP contribution is 2.25. The summed E-state index contributed by atoms with van der Waals surface area (Å²) in [4.78, 5) is 0. The topological polar surface area (TPSA) is 12.0 Å². The Bertz CT molecular complexity index is 298. The van der Waals surface area contributed by atoms with E-state index in [0.29, 0.717) is 12.1 Å². The average Bonchev–Trinajstić information content (AvgIpc) is 2.65. The molecule has 1 heterocycles. The smallest absolute Gasteiger partial charge is 0.0931 e. The van der Waals surface area contributed by atoms with Crippen LogP contribution in [0, 0.1) is 0 Å². The Balaban J connectivity index is 2.30. The summed E-state index contributed by atoms with van der Waals surface area (Å²) < 4.78 is 0.877. The van der Waals surface area contributed by atoms with Gasteiger partial charge in [-0.15, -0.1) is 11.3 Å². The Morgan fingerprint density at radius 2 is 2.12 bits per heavy atom. The molecule has 0 radical (unpaired) electrons. The fourth-order valence-corrected chi connectivity index (χ4v) is 2.84. The van der Waals surface area contributed by atoms with Crippen molar-refractivity contribution in [2.75, 3.05) is 0 Å². The van der Waals surface area contributed by atoms with Crippen LogP contribution in [0.2, 0.25) is 4.34 Å². The zero-order valence-corrected chi connectivity index (χ0v) is 12.0. The van der Waals surface area contributed by atoms with Gasteiger partial charge in [0.2, 0.25) is 0 Å². The molecule has 1 aromatic heterocycles. The molecule has 3 heteroatoms. The van der Waals surface area contributed by atoms with E-state index in [4.69, 9.17) is 11.6 Å². The predicted octanol–water partition coefficient (Wildman–Crippen LogP) is 5.02. The molecule has 1 nitrogen and oxygen atoms in total. The molecule has 0 aliphatic rings. The standard InChI is InChI=1S/C13H22ClNS/c1-4-5-6-7-10(2)15-11(3)12-8-13(14)16-9-12/h8-11,15H,4-7H2,1-3H3. The van der Waals surface area contributed by atoms with Crippen LogP contribution in [-0.2, 0) is 0 Å². The highest BCUT2D eigenvalue weighted by Gasteiger charge is 2.10. The van der Waals surface area contributed by atoms with Gasteiger partial charge < -0.3 is 5.32 Å². The monoisotopic (exact) mass is 259 g/mol. The van der Waals surface area contributed by atoms with E-state index >= 15 is 0 Å². The van der Waals surface area contributed by atoms with Crippen molar-refractivity contribution in [1.82, 2.24) is 5.32 Å². The van der Waals surface area contributed by atoms with Gasteiger partial charge in [0, 0.05) is 12.1 Å². The van der Waals surface area contributed by atoms with Crippen LogP contribution in [0.4, 0.5) is 0 Å². The third-order valence-corrected chi connectivity index (χ3v) is 3.97. The molecule has 1 N–H and O–H groups in total. The largest absolute Gasteiger partial charge is 0.308 e. The molecular weight excluding hydrogens is 238 g/mol. The SMILES string of the molecule is CCCCCC(C)NC(C)c1csc(Cl)c1. The number of hydrogen-bond donors (Lipinski definition) is 1. The molecule has 0 amide bonds. The Hall–Kier alpha value is -0.0500. The third-order valence-electron chi connectivity index (χ3n) is 2.86. The molecule has 0 bridgehead atoms. The first-order valence-corrected chi connectivity index (χ1v) is 7.39. The molecule has 1 aromatic rings. The molecule has 0 aliphatic heterocycles. The minimum absolute atomic E-state index is 0.403. The van der Waals surface area contributed by atoms with E-state index in [-0.39, 0.29) is 0 Å². The van der Waals surface area contributed by atoms with E-state index in [0.717, 1.165) is 4.34 Å². The minimum Gasteiger partial charge on any atom is -0.308 e. The number of nitrogens with one attached hydrogen (secondary N) is 1. The summed E-state index contributed by atoms with van der Waals surface area (Å²) >= 11 is 7.54. The quantitative estimate of drug-likeness (QED) is 0.678. The lowest BCUT2D eigenvalue weighted by Gasteiger charge is -2.19. The molecule has 2 atom stereocenters. The van der Waals surface area contributed by atoms with E-state index in [2.05, 4.69) is 37.5 Å². The van der Waals surface area contributed by atoms with Crippen molar-refractivity contribution in [3.8, 4) is 0 Å².